The lowest BCUT2D eigenvalue weighted by Gasteiger charge is -2.43. The normalized spacial score (nSPS) is 32.9. The number of aldehydes is 1. The van der Waals surface area contributed by atoms with Crippen LogP contribution >= 0.6 is 11.6 Å². The van der Waals surface area contributed by atoms with Crippen molar-refractivity contribution < 1.29 is 19.4 Å². The highest BCUT2D eigenvalue weighted by Crippen LogP contribution is 2.48. The maximum absolute atomic E-state index is 12.3. The van der Waals surface area contributed by atoms with Gasteiger partial charge in [-0.2, -0.15) is 0 Å². The highest BCUT2D eigenvalue weighted by Gasteiger charge is 2.43. The number of allylic oxidation sites excluding steroid dienone is 1. The van der Waals surface area contributed by atoms with E-state index in [-0.39, 0.29) is 22.6 Å². The molecule has 2 aliphatic rings. The average molecular weight is 405 g/mol. The van der Waals surface area contributed by atoms with Crippen molar-refractivity contribution in [1.29, 1.82) is 0 Å². The molecule has 1 N–H and O–H groups in total. The Morgan fingerprint density at radius 1 is 1.21 bits per heavy atom. The first-order chi connectivity index (χ1) is 13.0. The van der Waals surface area contributed by atoms with Gasteiger partial charge >= 0.3 is 0 Å². The van der Waals surface area contributed by atoms with Crippen LogP contribution in [0, 0.1) is 24.2 Å². The van der Waals surface area contributed by atoms with Crippen LogP contribution in [0.1, 0.15) is 68.4 Å². The second-order valence-electron chi connectivity index (χ2n) is 8.87. The first-order valence-electron chi connectivity index (χ1n) is 9.95. The Morgan fingerprint density at radius 3 is 2.54 bits per heavy atom. The molecular weight excluding hydrogens is 376 g/mol. The van der Waals surface area contributed by atoms with Crippen LogP contribution in [0.15, 0.2) is 12.2 Å². The van der Waals surface area contributed by atoms with E-state index in [0.29, 0.717) is 59.1 Å². The average Bonchev–Trinajstić information content (AvgIpc) is 2.67. The zero-order chi connectivity index (χ0) is 20.9. The molecule has 1 aliphatic heterocycles. The largest absolute Gasteiger partial charge is 0.507 e. The lowest BCUT2D eigenvalue weighted by atomic mass is 9.61. The quantitative estimate of drug-likeness (QED) is 0.537. The third kappa shape index (κ3) is 3.26. The summed E-state index contributed by atoms with van der Waals surface area (Å²) in [7, 11) is 0. The molecule has 1 aliphatic carbocycles. The van der Waals surface area contributed by atoms with Crippen LogP contribution < -0.4 is 4.74 Å². The Kier molecular flexibility index (Phi) is 5.39. The van der Waals surface area contributed by atoms with E-state index >= 15 is 0 Å². The molecule has 1 aromatic carbocycles. The summed E-state index contributed by atoms with van der Waals surface area (Å²) in [6.45, 7) is 10.1. The molecule has 0 bridgehead atoms. The minimum atomic E-state index is -0.596. The van der Waals surface area contributed by atoms with Crippen LogP contribution in [0.25, 0.3) is 0 Å². The van der Waals surface area contributed by atoms with Gasteiger partial charge in [0, 0.05) is 17.9 Å². The molecule has 1 fully saturated rings. The Balaban J connectivity index is 1.95. The Hall–Kier alpha value is -1.81. The van der Waals surface area contributed by atoms with Crippen molar-refractivity contribution in [3.63, 3.8) is 0 Å². The fourth-order valence-electron chi connectivity index (χ4n) is 4.45. The van der Waals surface area contributed by atoms with Crippen LogP contribution in [-0.2, 0) is 11.2 Å². The van der Waals surface area contributed by atoms with Gasteiger partial charge in [0.15, 0.2) is 6.29 Å². The monoisotopic (exact) mass is 404 g/mol. The molecule has 0 radical (unpaired) electrons. The van der Waals surface area contributed by atoms with E-state index < -0.39 is 5.60 Å². The molecule has 0 saturated heterocycles. The lowest BCUT2D eigenvalue weighted by molar-refractivity contribution is -0.129. The van der Waals surface area contributed by atoms with Gasteiger partial charge in [-0.1, -0.05) is 38.4 Å². The van der Waals surface area contributed by atoms with E-state index in [1.165, 1.54) is 0 Å². The predicted molar refractivity (Wildman–Crippen MR) is 110 cm³/mol. The number of hydrogen-bond donors (Lipinski definition) is 1. The summed E-state index contributed by atoms with van der Waals surface area (Å²) in [5.41, 5.74) is 0.520. The van der Waals surface area contributed by atoms with Gasteiger partial charge in [0.2, 0.25) is 0 Å². The first kappa shape index (κ1) is 20.9. The standard InChI is InChI=1S/C23H29ClO4/c1-13-6-7-18(26)15(3)23(13,5)11-10-22(4)9-8-16-20(27)17(12-25)14(2)19(24)21(16)28-22/h10-13,15,27H,6-9H2,1-5H3/b11-10+. The molecule has 1 heterocycles. The number of benzene rings is 1. The minimum absolute atomic E-state index is 0.0306. The summed E-state index contributed by atoms with van der Waals surface area (Å²) in [6.07, 6.45) is 7.59. The summed E-state index contributed by atoms with van der Waals surface area (Å²) in [6, 6.07) is 0. The number of carbonyl (C=O) groups is 2. The van der Waals surface area contributed by atoms with Gasteiger partial charge in [-0.25, -0.2) is 0 Å². The number of phenols is 1. The van der Waals surface area contributed by atoms with E-state index in [9.17, 15) is 14.7 Å². The van der Waals surface area contributed by atoms with Gasteiger partial charge in [-0.05, 0) is 56.1 Å². The maximum atomic E-state index is 12.3. The molecule has 0 amide bonds. The summed E-state index contributed by atoms with van der Waals surface area (Å²) in [5, 5.41) is 10.8. The second kappa shape index (κ2) is 7.22. The SMILES string of the molecule is Cc1c(Cl)c2c(c(O)c1C=O)CCC(C)(/C=C/C1(C)C(C)CCC(=O)C1C)O2. The van der Waals surface area contributed by atoms with Gasteiger partial charge in [-0.15, -0.1) is 0 Å². The molecule has 28 heavy (non-hydrogen) atoms. The number of fused-ring (bicyclic) bond motifs is 1. The number of aromatic hydroxyl groups is 1. The lowest BCUT2D eigenvalue weighted by Crippen LogP contribution is -2.41. The van der Waals surface area contributed by atoms with E-state index in [4.69, 9.17) is 16.3 Å². The topological polar surface area (TPSA) is 63.6 Å². The van der Waals surface area contributed by atoms with Gasteiger partial charge < -0.3 is 9.84 Å². The van der Waals surface area contributed by atoms with Gasteiger partial charge in [0.1, 0.15) is 22.9 Å². The summed E-state index contributed by atoms with van der Waals surface area (Å²) < 4.78 is 6.27. The van der Waals surface area contributed by atoms with Crippen molar-refractivity contribution in [1.82, 2.24) is 0 Å². The second-order valence-corrected chi connectivity index (χ2v) is 9.25. The Morgan fingerprint density at radius 2 is 1.89 bits per heavy atom. The molecule has 5 heteroatoms. The number of halogens is 1. The molecule has 4 unspecified atom stereocenters. The van der Waals surface area contributed by atoms with Crippen molar-refractivity contribution >= 4 is 23.7 Å². The van der Waals surface area contributed by atoms with Crippen LogP contribution in [-0.4, -0.2) is 22.8 Å². The molecule has 1 saturated carbocycles. The van der Waals surface area contributed by atoms with Crippen LogP contribution in [0.2, 0.25) is 5.02 Å². The molecular formula is C23H29ClO4. The number of rotatable bonds is 3. The molecule has 3 rings (SSSR count). The first-order valence-corrected chi connectivity index (χ1v) is 10.3. The van der Waals surface area contributed by atoms with E-state index in [1.807, 2.05) is 13.8 Å². The fourth-order valence-corrected chi connectivity index (χ4v) is 4.70. The maximum Gasteiger partial charge on any atom is 0.154 e. The third-order valence-corrected chi connectivity index (χ3v) is 7.62. The van der Waals surface area contributed by atoms with Crippen LogP contribution in [0.3, 0.4) is 0 Å². The Labute approximate surface area is 171 Å². The van der Waals surface area contributed by atoms with Crippen molar-refractivity contribution in [3.8, 4) is 11.5 Å². The van der Waals surface area contributed by atoms with Gasteiger partial charge in [-0.3, -0.25) is 9.59 Å². The molecule has 4 atom stereocenters. The predicted octanol–water partition coefficient (Wildman–Crippen LogP) is 5.45. The van der Waals surface area contributed by atoms with Crippen molar-refractivity contribution in [2.24, 2.45) is 17.3 Å². The molecule has 4 nitrogen and oxygen atoms in total. The van der Waals surface area contributed by atoms with E-state index in [1.54, 1.807) is 6.92 Å². The van der Waals surface area contributed by atoms with Crippen LogP contribution in [0.4, 0.5) is 0 Å². The zero-order valence-electron chi connectivity index (χ0n) is 17.3. The minimum Gasteiger partial charge on any atom is -0.507 e. The van der Waals surface area contributed by atoms with E-state index in [0.717, 1.165) is 6.42 Å². The Bertz CT molecular complexity index is 859. The zero-order valence-corrected chi connectivity index (χ0v) is 18.0. The third-order valence-electron chi connectivity index (χ3n) is 7.17. The number of ketones is 1. The van der Waals surface area contributed by atoms with Crippen molar-refractivity contribution in [3.05, 3.63) is 33.9 Å². The molecule has 0 spiro atoms. The highest BCUT2D eigenvalue weighted by molar-refractivity contribution is 6.33. The van der Waals surface area contributed by atoms with Crippen molar-refractivity contribution in [2.75, 3.05) is 0 Å². The molecule has 0 aromatic heterocycles. The van der Waals surface area contributed by atoms with E-state index in [2.05, 4.69) is 26.0 Å². The number of Topliss-reactive ketones (excluding diaryl/α,β-unsaturated/α-hetero) is 1. The molecule has 1 aromatic rings. The van der Waals surface area contributed by atoms with Crippen LogP contribution in [0.5, 0.6) is 11.5 Å². The number of carbonyl (C=O) groups excluding carboxylic acids is 2. The number of phenolic OH excluding ortho intramolecular Hbond substituents is 1. The van der Waals surface area contributed by atoms with Gasteiger partial charge in [0.25, 0.3) is 0 Å². The van der Waals surface area contributed by atoms with Gasteiger partial charge in [0.05, 0.1) is 10.6 Å². The molecule has 152 valence electrons. The number of hydrogen-bond acceptors (Lipinski definition) is 4. The summed E-state index contributed by atoms with van der Waals surface area (Å²) in [4.78, 5) is 23.6. The number of ether oxygens (including phenoxy) is 1. The smallest absolute Gasteiger partial charge is 0.154 e. The highest BCUT2D eigenvalue weighted by atomic mass is 35.5. The van der Waals surface area contributed by atoms with Crippen molar-refractivity contribution in [2.45, 2.75) is 65.9 Å². The fraction of sp³-hybridized carbons (Fsp3) is 0.565. The summed E-state index contributed by atoms with van der Waals surface area (Å²) >= 11 is 6.47. The summed E-state index contributed by atoms with van der Waals surface area (Å²) in [5.74, 6) is 1.10.